The molecule has 0 aromatic rings. The first-order valence-electron chi connectivity index (χ1n) is 7.36. The first kappa shape index (κ1) is 28.0. The Balaban J connectivity index is -0.000000372. The van der Waals surface area contributed by atoms with Gasteiger partial charge in [-0.25, -0.2) is 0 Å². The minimum Gasteiger partial charge on any atom is -0.465 e. The summed E-state index contributed by atoms with van der Waals surface area (Å²) in [5, 5.41) is 0. The van der Waals surface area contributed by atoms with Crippen LogP contribution in [0.3, 0.4) is 0 Å². The third kappa shape index (κ3) is 11.3. The molecule has 25 heavy (non-hydrogen) atoms. The van der Waals surface area contributed by atoms with Gasteiger partial charge in [-0.05, 0) is 41.5 Å². The second-order valence-corrected chi connectivity index (χ2v) is 4.81. The monoisotopic (exact) mass is 407 g/mol. The number of hydrogen-bond acceptors (Lipinski definition) is 8. The van der Waals surface area contributed by atoms with E-state index in [1.165, 1.54) is 27.7 Å². The Labute approximate surface area is 157 Å². The van der Waals surface area contributed by atoms with Crippen LogP contribution in [0.4, 0.5) is 0 Å². The summed E-state index contributed by atoms with van der Waals surface area (Å²) in [6.45, 7) is 8.38. The summed E-state index contributed by atoms with van der Waals surface area (Å²) in [6.07, 6.45) is 0. The molecule has 0 saturated heterocycles. The van der Waals surface area contributed by atoms with E-state index in [-0.39, 0.29) is 30.3 Å². The van der Waals surface area contributed by atoms with Gasteiger partial charge < -0.3 is 9.47 Å². The average molecular weight is 408 g/mol. The van der Waals surface area contributed by atoms with Crippen molar-refractivity contribution in [2.45, 2.75) is 41.5 Å². The third-order valence-electron chi connectivity index (χ3n) is 2.67. The summed E-state index contributed by atoms with van der Waals surface area (Å²) in [6, 6.07) is 0. The zero-order valence-electron chi connectivity index (χ0n) is 15.1. The number of rotatable bonds is 8. The summed E-state index contributed by atoms with van der Waals surface area (Å²) in [5.41, 5.74) is 0. The smallest absolute Gasteiger partial charge is 0.324 e. The Kier molecular flexibility index (Phi) is 16.2. The van der Waals surface area contributed by atoms with Gasteiger partial charge in [0.1, 0.15) is 0 Å². The molecule has 0 atom stereocenters. The summed E-state index contributed by atoms with van der Waals surface area (Å²) in [7, 11) is 0. The SMILES string of the molecule is CCOC(=O)C(C(C)=O)C(C)=O.CCOC(=O)C(C(C)=O)C(C)=O.[Cu]. The van der Waals surface area contributed by atoms with Gasteiger partial charge in [0.15, 0.2) is 35.0 Å². The van der Waals surface area contributed by atoms with Gasteiger partial charge in [-0.2, -0.15) is 0 Å². The van der Waals surface area contributed by atoms with Crippen molar-refractivity contribution in [1.29, 1.82) is 0 Å². The molecule has 0 N–H and O–H groups in total. The number of ketones is 4. The van der Waals surface area contributed by atoms with Gasteiger partial charge >= 0.3 is 11.9 Å². The van der Waals surface area contributed by atoms with Crippen LogP contribution in [0.1, 0.15) is 41.5 Å². The third-order valence-corrected chi connectivity index (χ3v) is 2.67. The van der Waals surface area contributed by atoms with Crippen LogP contribution in [0, 0.1) is 11.8 Å². The molecule has 0 fully saturated rings. The van der Waals surface area contributed by atoms with Crippen LogP contribution in [-0.4, -0.2) is 48.3 Å². The fourth-order valence-corrected chi connectivity index (χ4v) is 1.69. The normalized spacial score (nSPS) is 9.28. The first-order chi connectivity index (χ1) is 11.0. The number of carbonyl (C=O) groups is 6. The molecule has 0 saturated carbocycles. The number of esters is 2. The molecule has 0 bridgehead atoms. The Bertz CT molecular complexity index is 438. The average Bonchev–Trinajstić information content (AvgIpc) is 2.37. The predicted octanol–water partition coefficient (Wildman–Crippen LogP) is 0.685. The zero-order valence-corrected chi connectivity index (χ0v) is 16.1. The molecule has 0 unspecified atom stereocenters. The summed E-state index contributed by atoms with van der Waals surface area (Å²) < 4.78 is 9.09. The molecule has 0 spiro atoms. The zero-order chi connectivity index (χ0) is 19.4. The number of hydrogen-bond donors (Lipinski definition) is 0. The maximum atomic E-state index is 11.0. The summed E-state index contributed by atoms with van der Waals surface area (Å²) in [4.78, 5) is 65.0. The van der Waals surface area contributed by atoms with Gasteiger partial charge in [0.05, 0.1) is 13.2 Å². The number of ether oxygens (including phenoxy) is 2. The maximum absolute atomic E-state index is 11.0. The van der Waals surface area contributed by atoms with Gasteiger partial charge in [0, 0.05) is 17.1 Å². The molecule has 0 amide bonds. The van der Waals surface area contributed by atoms with Crippen molar-refractivity contribution in [3.63, 3.8) is 0 Å². The Morgan fingerprint density at radius 1 is 0.600 bits per heavy atom. The minimum absolute atomic E-state index is 0. The van der Waals surface area contributed by atoms with Crippen LogP contribution in [0.15, 0.2) is 0 Å². The van der Waals surface area contributed by atoms with Crippen molar-refractivity contribution in [3.05, 3.63) is 0 Å². The van der Waals surface area contributed by atoms with E-state index in [9.17, 15) is 28.8 Å². The van der Waals surface area contributed by atoms with Gasteiger partial charge in [0.2, 0.25) is 0 Å². The standard InChI is InChI=1S/2C8H12O4.Cu/c2*1-4-12-8(11)7(5(2)9)6(3)10;/h2*7H,4H2,1-3H3;. The van der Waals surface area contributed by atoms with E-state index < -0.39 is 46.9 Å². The molecule has 9 heteroatoms. The van der Waals surface area contributed by atoms with Gasteiger partial charge in [0.25, 0.3) is 0 Å². The van der Waals surface area contributed by atoms with Crippen molar-refractivity contribution in [2.24, 2.45) is 11.8 Å². The van der Waals surface area contributed by atoms with Crippen LogP contribution in [0.5, 0.6) is 0 Å². The van der Waals surface area contributed by atoms with Crippen molar-refractivity contribution >= 4 is 35.1 Å². The molecule has 8 nitrogen and oxygen atoms in total. The molecule has 0 heterocycles. The van der Waals surface area contributed by atoms with E-state index in [0.717, 1.165) is 0 Å². The second-order valence-electron chi connectivity index (χ2n) is 4.81. The quantitative estimate of drug-likeness (QED) is 0.327. The van der Waals surface area contributed by atoms with Crippen molar-refractivity contribution in [2.75, 3.05) is 13.2 Å². The number of carbonyl (C=O) groups excluding carboxylic acids is 6. The summed E-state index contributed by atoms with van der Waals surface area (Å²) >= 11 is 0. The molecule has 0 aliphatic heterocycles. The predicted molar refractivity (Wildman–Crippen MR) is 83.0 cm³/mol. The molecule has 1 radical (unpaired) electrons. The Morgan fingerprint density at radius 2 is 0.800 bits per heavy atom. The first-order valence-corrected chi connectivity index (χ1v) is 7.36. The molecule has 0 aliphatic rings. The Morgan fingerprint density at radius 3 is 0.920 bits per heavy atom. The fraction of sp³-hybridized carbons (Fsp3) is 0.625. The Hall–Kier alpha value is -1.86. The molecular formula is C16H24CuO8. The number of Topliss-reactive ketones (excluding diaryl/α,β-unsaturated/α-hetero) is 4. The van der Waals surface area contributed by atoms with Crippen LogP contribution in [0.25, 0.3) is 0 Å². The van der Waals surface area contributed by atoms with E-state index >= 15 is 0 Å². The van der Waals surface area contributed by atoms with Crippen LogP contribution < -0.4 is 0 Å². The second kappa shape index (κ2) is 14.5. The van der Waals surface area contributed by atoms with Crippen LogP contribution >= 0.6 is 0 Å². The summed E-state index contributed by atoms with van der Waals surface area (Å²) in [5.74, 6) is -5.85. The van der Waals surface area contributed by atoms with E-state index in [1.807, 2.05) is 0 Å². The largest absolute Gasteiger partial charge is 0.465 e. The molecule has 0 rings (SSSR count). The van der Waals surface area contributed by atoms with Crippen LogP contribution in [0.2, 0.25) is 0 Å². The van der Waals surface area contributed by atoms with Crippen molar-refractivity contribution in [1.82, 2.24) is 0 Å². The van der Waals surface area contributed by atoms with Crippen molar-refractivity contribution in [3.8, 4) is 0 Å². The molecule has 0 aromatic carbocycles. The minimum atomic E-state index is -1.23. The fourth-order valence-electron chi connectivity index (χ4n) is 1.69. The maximum Gasteiger partial charge on any atom is 0.324 e. The van der Waals surface area contributed by atoms with Gasteiger partial charge in [-0.1, -0.05) is 0 Å². The molecule has 147 valence electrons. The molecule has 0 aromatic heterocycles. The molecular weight excluding hydrogens is 384 g/mol. The van der Waals surface area contributed by atoms with E-state index in [4.69, 9.17) is 0 Å². The van der Waals surface area contributed by atoms with E-state index in [1.54, 1.807) is 13.8 Å². The van der Waals surface area contributed by atoms with E-state index in [2.05, 4.69) is 9.47 Å². The van der Waals surface area contributed by atoms with Crippen molar-refractivity contribution < 1.29 is 55.3 Å². The molecule has 0 aliphatic carbocycles. The van der Waals surface area contributed by atoms with E-state index in [0.29, 0.717) is 0 Å². The topological polar surface area (TPSA) is 121 Å². The van der Waals surface area contributed by atoms with Gasteiger partial charge in [-0.3, -0.25) is 28.8 Å². The van der Waals surface area contributed by atoms with Crippen LogP contribution in [-0.2, 0) is 55.3 Å². The van der Waals surface area contributed by atoms with Gasteiger partial charge in [-0.15, -0.1) is 0 Å².